The summed E-state index contributed by atoms with van der Waals surface area (Å²) >= 11 is 0. The summed E-state index contributed by atoms with van der Waals surface area (Å²) < 4.78 is 0. The van der Waals surface area contributed by atoms with Gasteiger partial charge in [-0.3, -0.25) is 11.3 Å². The van der Waals surface area contributed by atoms with Gasteiger partial charge in [-0.2, -0.15) is 0 Å². The molecule has 1 aliphatic carbocycles. The van der Waals surface area contributed by atoms with E-state index >= 15 is 0 Å². The predicted molar refractivity (Wildman–Crippen MR) is 81.9 cm³/mol. The molecule has 0 amide bonds. The highest BCUT2D eigenvalue weighted by atomic mass is 15.2. The van der Waals surface area contributed by atoms with Gasteiger partial charge in [0.05, 0.1) is 0 Å². The average molecular weight is 260 g/mol. The first-order valence-corrected chi connectivity index (χ1v) is 7.65. The summed E-state index contributed by atoms with van der Waals surface area (Å²) in [6.45, 7) is 6.65. The lowest BCUT2D eigenvalue weighted by Crippen LogP contribution is -2.41. The van der Waals surface area contributed by atoms with E-state index in [0.29, 0.717) is 6.04 Å². The maximum atomic E-state index is 5.81. The van der Waals surface area contributed by atoms with Gasteiger partial charge in [-0.15, -0.1) is 0 Å². The molecule has 0 spiro atoms. The molecule has 1 fully saturated rings. The van der Waals surface area contributed by atoms with E-state index in [1.807, 2.05) is 0 Å². The van der Waals surface area contributed by atoms with Crippen LogP contribution in [0.2, 0.25) is 0 Å². The molecule has 2 nitrogen and oxygen atoms in total. The Kier molecular flexibility index (Phi) is 5.00. The molecular weight excluding hydrogens is 232 g/mol. The molecule has 3 unspecified atom stereocenters. The van der Waals surface area contributed by atoms with E-state index in [0.717, 1.165) is 18.3 Å². The number of hydrogen-bond donors (Lipinski definition) is 2. The monoisotopic (exact) mass is 260 g/mol. The van der Waals surface area contributed by atoms with Gasteiger partial charge in [0.1, 0.15) is 0 Å². The van der Waals surface area contributed by atoms with E-state index in [-0.39, 0.29) is 0 Å². The summed E-state index contributed by atoms with van der Waals surface area (Å²) in [4.78, 5) is 0. The van der Waals surface area contributed by atoms with E-state index in [9.17, 15) is 0 Å². The summed E-state index contributed by atoms with van der Waals surface area (Å²) in [7, 11) is 0. The molecule has 0 aliphatic heterocycles. The summed E-state index contributed by atoms with van der Waals surface area (Å²) in [5, 5.41) is 0. The number of rotatable bonds is 5. The molecule has 19 heavy (non-hydrogen) atoms. The third-order valence-electron chi connectivity index (χ3n) is 4.68. The van der Waals surface area contributed by atoms with Gasteiger partial charge < -0.3 is 0 Å². The number of aryl methyl sites for hydroxylation is 2. The second-order valence-electron chi connectivity index (χ2n) is 6.32. The number of nitrogens with one attached hydrogen (secondary N) is 1. The van der Waals surface area contributed by atoms with Crippen LogP contribution in [0.15, 0.2) is 18.2 Å². The zero-order valence-corrected chi connectivity index (χ0v) is 12.6. The Labute approximate surface area is 117 Å². The van der Waals surface area contributed by atoms with E-state index in [1.54, 1.807) is 0 Å². The molecule has 1 aliphatic rings. The molecule has 0 heterocycles. The second-order valence-corrected chi connectivity index (χ2v) is 6.32. The van der Waals surface area contributed by atoms with Gasteiger partial charge in [0.15, 0.2) is 0 Å². The summed E-state index contributed by atoms with van der Waals surface area (Å²) in [5.41, 5.74) is 7.19. The van der Waals surface area contributed by atoms with Crippen LogP contribution in [0.25, 0.3) is 0 Å². The molecule has 3 atom stereocenters. The van der Waals surface area contributed by atoms with Crippen LogP contribution in [0.3, 0.4) is 0 Å². The fourth-order valence-electron chi connectivity index (χ4n) is 3.65. The molecule has 2 heteroatoms. The molecule has 1 aromatic carbocycles. The molecule has 0 aromatic heterocycles. The molecule has 0 saturated heterocycles. The topological polar surface area (TPSA) is 38.0 Å². The first kappa shape index (κ1) is 14.5. The van der Waals surface area contributed by atoms with E-state index in [2.05, 4.69) is 44.4 Å². The molecule has 106 valence electrons. The van der Waals surface area contributed by atoms with Crippen LogP contribution in [0.5, 0.6) is 0 Å². The van der Waals surface area contributed by atoms with Crippen molar-refractivity contribution in [2.45, 2.75) is 58.9 Å². The van der Waals surface area contributed by atoms with Gasteiger partial charge in [0, 0.05) is 6.04 Å². The van der Waals surface area contributed by atoms with Crippen molar-refractivity contribution in [2.24, 2.45) is 17.7 Å². The van der Waals surface area contributed by atoms with Crippen molar-refractivity contribution in [1.82, 2.24) is 5.43 Å². The van der Waals surface area contributed by atoms with Crippen LogP contribution in [-0.4, -0.2) is 6.04 Å². The minimum atomic E-state index is 0.428. The van der Waals surface area contributed by atoms with Crippen molar-refractivity contribution < 1.29 is 0 Å². The minimum Gasteiger partial charge on any atom is -0.271 e. The fraction of sp³-hybridized carbons (Fsp3) is 0.647. The Morgan fingerprint density at radius 3 is 2.42 bits per heavy atom. The van der Waals surface area contributed by atoms with Crippen LogP contribution in [-0.2, 0) is 6.42 Å². The molecule has 1 aromatic rings. The SMILES string of the molecule is CCC1CCC(C(Cc2cc(C)cc(C)c2)NN)C1. The number of hydrazine groups is 1. The van der Waals surface area contributed by atoms with Crippen molar-refractivity contribution >= 4 is 0 Å². The molecule has 1 saturated carbocycles. The Bertz CT molecular complexity index is 393. The quantitative estimate of drug-likeness (QED) is 0.628. The van der Waals surface area contributed by atoms with E-state index < -0.39 is 0 Å². The van der Waals surface area contributed by atoms with Crippen molar-refractivity contribution in [3.8, 4) is 0 Å². The molecule has 2 rings (SSSR count). The van der Waals surface area contributed by atoms with Crippen molar-refractivity contribution in [3.63, 3.8) is 0 Å². The van der Waals surface area contributed by atoms with E-state index in [4.69, 9.17) is 5.84 Å². The smallest absolute Gasteiger partial charge is 0.0279 e. The highest BCUT2D eigenvalue weighted by Crippen LogP contribution is 2.35. The molecule has 3 N–H and O–H groups in total. The Morgan fingerprint density at radius 2 is 1.89 bits per heavy atom. The van der Waals surface area contributed by atoms with Crippen molar-refractivity contribution in [3.05, 3.63) is 34.9 Å². The summed E-state index contributed by atoms with van der Waals surface area (Å²) in [5.74, 6) is 7.48. The normalized spacial score (nSPS) is 24.6. The maximum Gasteiger partial charge on any atom is 0.0279 e. The van der Waals surface area contributed by atoms with E-state index in [1.165, 1.54) is 42.4 Å². The first-order chi connectivity index (χ1) is 9.12. The van der Waals surface area contributed by atoms with Gasteiger partial charge in [-0.25, -0.2) is 0 Å². The predicted octanol–water partition coefficient (Wildman–Crippen LogP) is 3.50. The third kappa shape index (κ3) is 3.80. The van der Waals surface area contributed by atoms with Crippen LogP contribution in [0.1, 0.15) is 49.3 Å². The zero-order valence-electron chi connectivity index (χ0n) is 12.6. The van der Waals surface area contributed by atoms with Crippen LogP contribution in [0.4, 0.5) is 0 Å². The standard InChI is InChI=1S/C17H28N2/c1-4-14-5-6-16(10-14)17(19-18)11-15-8-12(2)7-13(3)9-15/h7-9,14,16-17,19H,4-6,10-11,18H2,1-3H3. The van der Waals surface area contributed by atoms with Crippen LogP contribution < -0.4 is 11.3 Å². The number of nitrogens with two attached hydrogens (primary N) is 1. The van der Waals surface area contributed by atoms with Gasteiger partial charge in [-0.1, -0.05) is 49.1 Å². The highest BCUT2D eigenvalue weighted by molar-refractivity contribution is 5.29. The third-order valence-corrected chi connectivity index (χ3v) is 4.68. The van der Waals surface area contributed by atoms with Gasteiger partial charge in [0.2, 0.25) is 0 Å². The Morgan fingerprint density at radius 1 is 1.21 bits per heavy atom. The number of benzene rings is 1. The zero-order chi connectivity index (χ0) is 13.8. The lowest BCUT2D eigenvalue weighted by molar-refractivity contribution is 0.348. The fourth-order valence-corrected chi connectivity index (χ4v) is 3.65. The second kappa shape index (κ2) is 6.53. The van der Waals surface area contributed by atoms with Crippen molar-refractivity contribution in [2.75, 3.05) is 0 Å². The first-order valence-electron chi connectivity index (χ1n) is 7.65. The summed E-state index contributed by atoms with van der Waals surface area (Å²) in [6.07, 6.45) is 6.43. The Hall–Kier alpha value is -0.860. The maximum absolute atomic E-state index is 5.81. The Balaban J connectivity index is 2.02. The largest absolute Gasteiger partial charge is 0.271 e. The average Bonchev–Trinajstić information content (AvgIpc) is 2.83. The number of hydrogen-bond acceptors (Lipinski definition) is 2. The van der Waals surface area contributed by atoms with Gasteiger partial charge in [0.25, 0.3) is 0 Å². The van der Waals surface area contributed by atoms with Crippen LogP contribution in [0, 0.1) is 25.7 Å². The molecule has 0 bridgehead atoms. The highest BCUT2D eigenvalue weighted by Gasteiger charge is 2.29. The lowest BCUT2D eigenvalue weighted by atomic mass is 9.90. The minimum absolute atomic E-state index is 0.428. The molecule has 0 radical (unpaired) electrons. The molecular formula is C17H28N2. The van der Waals surface area contributed by atoms with Crippen molar-refractivity contribution in [1.29, 1.82) is 0 Å². The summed E-state index contributed by atoms with van der Waals surface area (Å²) in [6, 6.07) is 7.25. The van der Waals surface area contributed by atoms with Gasteiger partial charge >= 0.3 is 0 Å². The van der Waals surface area contributed by atoms with Gasteiger partial charge in [-0.05, 0) is 50.5 Å². The van der Waals surface area contributed by atoms with Crippen LogP contribution >= 0.6 is 0 Å². The lowest BCUT2D eigenvalue weighted by Gasteiger charge is -2.23.